The number of rotatable bonds is 3. The summed E-state index contributed by atoms with van der Waals surface area (Å²) in [7, 11) is 0. The highest BCUT2D eigenvalue weighted by atomic mass is 35.5. The molecule has 1 amide bonds. The number of nitrogens with zero attached hydrogens (tertiary/aromatic N) is 1. The summed E-state index contributed by atoms with van der Waals surface area (Å²) >= 11 is 11.9. The molecule has 1 unspecified atom stereocenters. The predicted octanol–water partition coefficient (Wildman–Crippen LogP) is 2.20. The Hall–Kier alpha value is -1.53. The largest absolute Gasteiger partial charge is 0.378 e. The van der Waals surface area contributed by atoms with Crippen molar-refractivity contribution in [3.63, 3.8) is 0 Å². The van der Waals surface area contributed by atoms with Gasteiger partial charge in [-0.25, -0.2) is 0 Å². The van der Waals surface area contributed by atoms with E-state index in [4.69, 9.17) is 23.2 Å². The van der Waals surface area contributed by atoms with Crippen LogP contribution in [-0.2, 0) is 4.79 Å². The highest BCUT2D eigenvalue weighted by Crippen LogP contribution is 2.35. The van der Waals surface area contributed by atoms with Crippen LogP contribution in [0.4, 0.5) is 11.4 Å². The molecule has 1 saturated heterocycles. The van der Waals surface area contributed by atoms with Crippen molar-refractivity contribution in [2.24, 2.45) is 0 Å². The summed E-state index contributed by atoms with van der Waals surface area (Å²) in [6.07, 6.45) is 0.323. The Kier molecular flexibility index (Phi) is 3.58. The second kappa shape index (κ2) is 4.99. The first-order valence-corrected chi connectivity index (χ1v) is 5.89. The molecule has 1 fully saturated rings. The van der Waals surface area contributed by atoms with Gasteiger partial charge in [-0.05, 0) is 0 Å². The zero-order valence-corrected chi connectivity index (χ0v) is 10.6. The summed E-state index contributed by atoms with van der Waals surface area (Å²) in [5.41, 5.74) is 0.238. The Labute approximate surface area is 112 Å². The van der Waals surface area contributed by atoms with Gasteiger partial charge in [0.05, 0.1) is 26.7 Å². The standard InChI is InChI=1S/C10H9Cl2N3O3/c11-7-2-6(15(17)18)3-8(12)10(7)14-5-1-9(16)13-4-5/h2-3,5,14H,1,4H2,(H,13,16). The van der Waals surface area contributed by atoms with Gasteiger partial charge in [0.2, 0.25) is 5.91 Å². The summed E-state index contributed by atoms with van der Waals surface area (Å²) in [5.74, 6) is -0.0540. The zero-order chi connectivity index (χ0) is 13.3. The van der Waals surface area contributed by atoms with Crippen molar-refractivity contribution >= 4 is 40.5 Å². The van der Waals surface area contributed by atoms with Gasteiger partial charge in [0, 0.05) is 25.1 Å². The fourth-order valence-corrected chi connectivity index (χ4v) is 2.30. The Morgan fingerprint density at radius 1 is 1.39 bits per heavy atom. The van der Waals surface area contributed by atoms with Crippen LogP contribution in [0.15, 0.2) is 12.1 Å². The predicted molar refractivity (Wildman–Crippen MR) is 68.2 cm³/mol. The van der Waals surface area contributed by atoms with Crippen LogP contribution in [-0.4, -0.2) is 23.4 Å². The van der Waals surface area contributed by atoms with Crippen LogP contribution in [0.1, 0.15) is 6.42 Å². The smallest absolute Gasteiger partial charge is 0.272 e. The van der Waals surface area contributed by atoms with Gasteiger partial charge in [0.25, 0.3) is 5.69 Å². The number of anilines is 1. The fraction of sp³-hybridized carbons (Fsp3) is 0.300. The van der Waals surface area contributed by atoms with Crippen molar-refractivity contribution < 1.29 is 9.72 Å². The molecule has 8 heteroatoms. The number of benzene rings is 1. The van der Waals surface area contributed by atoms with Crippen LogP contribution in [0, 0.1) is 10.1 Å². The lowest BCUT2D eigenvalue weighted by Gasteiger charge is -2.14. The maximum Gasteiger partial charge on any atom is 0.272 e. The molecule has 0 radical (unpaired) electrons. The number of nitro groups is 1. The maximum atomic E-state index is 11.1. The van der Waals surface area contributed by atoms with E-state index >= 15 is 0 Å². The molecule has 0 spiro atoms. The third-order valence-corrected chi connectivity index (χ3v) is 3.16. The van der Waals surface area contributed by atoms with Gasteiger partial charge in [-0.1, -0.05) is 23.2 Å². The Balaban J connectivity index is 2.23. The first-order valence-electron chi connectivity index (χ1n) is 5.14. The van der Waals surface area contributed by atoms with E-state index in [1.165, 1.54) is 12.1 Å². The molecule has 0 aromatic heterocycles. The molecule has 2 rings (SSSR count). The molecule has 1 heterocycles. The summed E-state index contributed by atoms with van der Waals surface area (Å²) in [6.45, 7) is 0.475. The van der Waals surface area contributed by atoms with Gasteiger partial charge in [-0.15, -0.1) is 0 Å². The summed E-state index contributed by atoms with van der Waals surface area (Å²) in [5, 5.41) is 16.6. The molecular weight excluding hydrogens is 281 g/mol. The molecule has 96 valence electrons. The number of halogens is 2. The minimum Gasteiger partial charge on any atom is -0.378 e. The van der Waals surface area contributed by atoms with Crippen LogP contribution in [0.25, 0.3) is 0 Å². The number of carbonyl (C=O) groups is 1. The van der Waals surface area contributed by atoms with E-state index < -0.39 is 4.92 Å². The normalized spacial score (nSPS) is 18.6. The molecule has 0 aliphatic carbocycles. The second-order valence-corrected chi connectivity index (χ2v) is 4.71. The molecule has 0 saturated carbocycles. The second-order valence-electron chi connectivity index (χ2n) is 3.89. The number of hydrogen-bond acceptors (Lipinski definition) is 4. The molecule has 1 atom stereocenters. The fourth-order valence-electron chi connectivity index (χ4n) is 1.71. The number of hydrogen-bond donors (Lipinski definition) is 2. The van der Waals surface area contributed by atoms with Crippen molar-refractivity contribution in [3.05, 3.63) is 32.3 Å². The lowest BCUT2D eigenvalue weighted by atomic mass is 10.2. The number of nitrogens with one attached hydrogen (secondary N) is 2. The van der Waals surface area contributed by atoms with E-state index in [2.05, 4.69) is 10.6 Å². The molecule has 0 bridgehead atoms. The van der Waals surface area contributed by atoms with E-state index in [9.17, 15) is 14.9 Å². The summed E-state index contributed by atoms with van der Waals surface area (Å²) < 4.78 is 0. The first kappa shape index (κ1) is 12.9. The average Bonchev–Trinajstić information content (AvgIpc) is 2.69. The number of non-ortho nitro benzene ring substituents is 1. The molecular formula is C10H9Cl2N3O3. The molecule has 1 aromatic rings. The monoisotopic (exact) mass is 289 g/mol. The van der Waals surface area contributed by atoms with Crippen molar-refractivity contribution in [1.29, 1.82) is 0 Å². The highest BCUT2D eigenvalue weighted by Gasteiger charge is 2.23. The summed E-state index contributed by atoms with van der Waals surface area (Å²) in [6, 6.07) is 2.33. The Morgan fingerprint density at radius 2 is 2.00 bits per heavy atom. The van der Waals surface area contributed by atoms with Gasteiger partial charge in [-0.2, -0.15) is 0 Å². The van der Waals surface area contributed by atoms with Gasteiger partial charge >= 0.3 is 0 Å². The highest BCUT2D eigenvalue weighted by molar-refractivity contribution is 6.39. The van der Waals surface area contributed by atoms with Crippen LogP contribution in [0.3, 0.4) is 0 Å². The molecule has 18 heavy (non-hydrogen) atoms. The molecule has 1 aromatic carbocycles. The topological polar surface area (TPSA) is 84.3 Å². The van der Waals surface area contributed by atoms with Crippen LogP contribution in [0.5, 0.6) is 0 Å². The van der Waals surface area contributed by atoms with Gasteiger partial charge in [0.15, 0.2) is 0 Å². The third kappa shape index (κ3) is 2.65. The first-order chi connectivity index (χ1) is 8.47. The van der Waals surface area contributed by atoms with Crippen LogP contribution in [0.2, 0.25) is 10.0 Å². The zero-order valence-electron chi connectivity index (χ0n) is 9.07. The van der Waals surface area contributed by atoms with Crippen molar-refractivity contribution in [2.75, 3.05) is 11.9 Å². The van der Waals surface area contributed by atoms with Crippen LogP contribution < -0.4 is 10.6 Å². The van der Waals surface area contributed by atoms with Gasteiger partial charge < -0.3 is 10.6 Å². The molecule has 1 aliphatic heterocycles. The summed E-state index contributed by atoms with van der Waals surface area (Å²) in [4.78, 5) is 21.1. The van der Waals surface area contributed by atoms with E-state index in [1.807, 2.05) is 0 Å². The van der Waals surface area contributed by atoms with Gasteiger partial charge in [-0.3, -0.25) is 14.9 Å². The number of carbonyl (C=O) groups excluding carboxylic acids is 1. The Bertz CT molecular complexity index is 498. The third-order valence-electron chi connectivity index (χ3n) is 2.56. The van der Waals surface area contributed by atoms with Crippen molar-refractivity contribution in [3.8, 4) is 0 Å². The molecule has 1 aliphatic rings. The SMILES string of the molecule is O=C1CC(Nc2c(Cl)cc([N+](=O)[O-])cc2Cl)CN1. The average molecular weight is 290 g/mol. The van der Waals surface area contributed by atoms with Crippen molar-refractivity contribution in [1.82, 2.24) is 5.32 Å². The molecule has 6 nitrogen and oxygen atoms in total. The van der Waals surface area contributed by atoms with E-state index in [0.29, 0.717) is 18.7 Å². The van der Waals surface area contributed by atoms with E-state index in [-0.39, 0.29) is 27.7 Å². The maximum absolute atomic E-state index is 11.1. The Morgan fingerprint density at radius 3 is 2.44 bits per heavy atom. The lowest BCUT2D eigenvalue weighted by Crippen LogP contribution is -2.22. The molecule has 2 N–H and O–H groups in total. The van der Waals surface area contributed by atoms with Gasteiger partial charge in [0.1, 0.15) is 0 Å². The number of amides is 1. The van der Waals surface area contributed by atoms with Crippen molar-refractivity contribution in [2.45, 2.75) is 12.5 Å². The lowest BCUT2D eigenvalue weighted by molar-refractivity contribution is -0.384. The minimum atomic E-state index is -0.567. The minimum absolute atomic E-state index is 0.0540. The van der Waals surface area contributed by atoms with E-state index in [1.54, 1.807) is 0 Å². The van der Waals surface area contributed by atoms with Crippen LogP contribution >= 0.6 is 23.2 Å². The number of nitro benzene ring substituents is 1. The van der Waals surface area contributed by atoms with E-state index in [0.717, 1.165) is 0 Å². The quantitative estimate of drug-likeness (QED) is 0.660.